The van der Waals surface area contributed by atoms with Crippen molar-refractivity contribution in [3.8, 4) is 0 Å². The number of aromatic nitrogens is 3. The van der Waals surface area contributed by atoms with E-state index in [-0.39, 0.29) is 6.03 Å². The Morgan fingerprint density at radius 2 is 1.83 bits per heavy atom. The number of likely N-dealkylation sites (tertiary alicyclic amines) is 1. The SMILES string of the molecule is CN(C)Cc1nnc(C2CCN(C(=O)NC3CCCC3)CC2)n1C. The first-order valence-corrected chi connectivity index (χ1v) is 9.13. The molecule has 2 fully saturated rings. The van der Waals surface area contributed by atoms with Gasteiger partial charge in [0, 0.05) is 32.1 Å². The molecule has 1 N–H and O–H groups in total. The average Bonchev–Trinajstić information content (AvgIpc) is 3.18. The van der Waals surface area contributed by atoms with E-state index in [4.69, 9.17) is 0 Å². The van der Waals surface area contributed by atoms with Crippen molar-refractivity contribution in [1.29, 1.82) is 0 Å². The van der Waals surface area contributed by atoms with E-state index >= 15 is 0 Å². The van der Waals surface area contributed by atoms with Crippen molar-refractivity contribution < 1.29 is 4.79 Å². The van der Waals surface area contributed by atoms with Gasteiger partial charge in [-0.05, 0) is 39.8 Å². The van der Waals surface area contributed by atoms with Crippen molar-refractivity contribution in [1.82, 2.24) is 29.9 Å². The zero-order valence-corrected chi connectivity index (χ0v) is 15.2. The molecule has 2 amide bonds. The summed E-state index contributed by atoms with van der Waals surface area (Å²) in [4.78, 5) is 16.4. The van der Waals surface area contributed by atoms with Gasteiger partial charge in [0.2, 0.25) is 0 Å². The monoisotopic (exact) mass is 334 g/mol. The van der Waals surface area contributed by atoms with E-state index in [1.807, 2.05) is 26.0 Å². The van der Waals surface area contributed by atoms with Crippen molar-refractivity contribution in [2.24, 2.45) is 7.05 Å². The summed E-state index contributed by atoms with van der Waals surface area (Å²) in [6.07, 6.45) is 6.69. The number of carbonyl (C=O) groups excluding carboxylic acids is 1. The number of carbonyl (C=O) groups is 1. The van der Waals surface area contributed by atoms with Gasteiger partial charge in [-0.25, -0.2) is 4.79 Å². The van der Waals surface area contributed by atoms with Crippen LogP contribution in [0.25, 0.3) is 0 Å². The van der Waals surface area contributed by atoms with Crippen LogP contribution in [0.15, 0.2) is 0 Å². The van der Waals surface area contributed by atoms with Gasteiger partial charge in [-0.3, -0.25) is 0 Å². The minimum atomic E-state index is 0.117. The number of piperidine rings is 1. The van der Waals surface area contributed by atoms with Crippen molar-refractivity contribution in [2.75, 3.05) is 27.2 Å². The molecule has 0 unspecified atom stereocenters. The summed E-state index contributed by atoms with van der Waals surface area (Å²) < 4.78 is 2.12. The van der Waals surface area contributed by atoms with Gasteiger partial charge in [0.05, 0.1) is 6.54 Å². The molecular weight excluding hydrogens is 304 g/mol. The summed E-state index contributed by atoms with van der Waals surface area (Å²) in [7, 11) is 6.12. The maximum Gasteiger partial charge on any atom is 0.317 e. The van der Waals surface area contributed by atoms with Gasteiger partial charge >= 0.3 is 6.03 Å². The van der Waals surface area contributed by atoms with Gasteiger partial charge in [-0.2, -0.15) is 0 Å². The Balaban J connectivity index is 1.53. The third kappa shape index (κ3) is 3.88. The lowest BCUT2D eigenvalue weighted by molar-refractivity contribution is 0.176. The molecule has 0 radical (unpaired) electrons. The standard InChI is InChI=1S/C17H30N6O/c1-21(2)12-15-19-20-16(22(15)3)13-8-10-23(11-9-13)17(24)18-14-6-4-5-7-14/h13-14H,4-12H2,1-3H3,(H,18,24). The molecule has 1 saturated heterocycles. The highest BCUT2D eigenvalue weighted by Crippen LogP contribution is 2.27. The second-order valence-electron chi connectivity index (χ2n) is 7.46. The van der Waals surface area contributed by atoms with Gasteiger partial charge in [0.15, 0.2) is 0 Å². The summed E-state index contributed by atoms with van der Waals surface area (Å²) in [5.74, 6) is 2.45. The van der Waals surface area contributed by atoms with Gasteiger partial charge < -0.3 is 19.7 Å². The summed E-state index contributed by atoms with van der Waals surface area (Å²) in [5.41, 5.74) is 0. The topological polar surface area (TPSA) is 66.3 Å². The first-order valence-electron chi connectivity index (χ1n) is 9.13. The zero-order valence-electron chi connectivity index (χ0n) is 15.2. The number of rotatable bonds is 4. The highest BCUT2D eigenvalue weighted by molar-refractivity contribution is 5.74. The van der Waals surface area contributed by atoms with Crippen LogP contribution in [-0.4, -0.2) is 63.8 Å². The molecule has 3 rings (SSSR count). The molecule has 0 spiro atoms. The molecule has 0 bridgehead atoms. The lowest BCUT2D eigenvalue weighted by Crippen LogP contribution is -2.47. The number of amides is 2. The van der Waals surface area contributed by atoms with Crippen LogP contribution >= 0.6 is 0 Å². The molecule has 24 heavy (non-hydrogen) atoms. The molecule has 1 aromatic heterocycles. The second-order valence-corrected chi connectivity index (χ2v) is 7.46. The van der Waals surface area contributed by atoms with E-state index in [0.717, 1.165) is 57.0 Å². The third-order valence-corrected chi connectivity index (χ3v) is 5.29. The summed E-state index contributed by atoms with van der Waals surface area (Å²) in [6.45, 7) is 2.41. The van der Waals surface area contributed by atoms with Crippen LogP contribution in [0.2, 0.25) is 0 Å². The lowest BCUT2D eigenvalue weighted by atomic mass is 9.96. The zero-order chi connectivity index (χ0) is 17.1. The normalized spacial score (nSPS) is 20.1. The molecule has 1 aliphatic carbocycles. The van der Waals surface area contributed by atoms with E-state index in [0.29, 0.717) is 12.0 Å². The van der Waals surface area contributed by atoms with Crippen molar-refractivity contribution in [3.63, 3.8) is 0 Å². The maximum atomic E-state index is 12.4. The fourth-order valence-corrected chi connectivity index (χ4v) is 3.83. The fourth-order valence-electron chi connectivity index (χ4n) is 3.83. The summed E-state index contributed by atoms with van der Waals surface area (Å²) >= 11 is 0. The van der Waals surface area contributed by atoms with Gasteiger partial charge in [-0.15, -0.1) is 10.2 Å². The van der Waals surface area contributed by atoms with E-state index < -0.39 is 0 Å². The Labute approximate surface area is 144 Å². The van der Waals surface area contributed by atoms with Gasteiger partial charge in [-0.1, -0.05) is 12.8 Å². The predicted molar refractivity (Wildman–Crippen MR) is 92.7 cm³/mol. The predicted octanol–water partition coefficient (Wildman–Crippen LogP) is 1.71. The molecule has 2 aliphatic rings. The van der Waals surface area contributed by atoms with Crippen LogP contribution in [-0.2, 0) is 13.6 Å². The van der Waals surface area contributed by atoms with Crippen LogP contribution in [0.4, 0.5) is 4.79 Å². The number of hydrogen-bond donors (Lipinski definition) is 1. The first-order chi connectivity index (χ1) is 11.5. The molecule has 7 heteroatoms. The number of hydrogen-bond acceptors (Lipinski definition) is 4. The smallest absolute Gasteiger partial charge is 0.317 e. The average molecular weight is 334 g/mol. The minimum Gasteiger partial charge on any atom is -0.335 e. The van der Waals surface area contributed by atoms with Crippen LogP contribution in [0.1, 0.15) is 56.1 Å². The molecule has 1 saturated carbocycles. The van der Waals surface area contributed by atoms with Crippen LogP contribution in [0, 0.1) is 0 Å². The number of urea groups is 1. The van der Waals surface area contributed by atoms with Crippen molar-refractivity contribution in [2.45, 2.75) is 57.0 Å². The van der Waals surface area contributed by atoms with E-state index in [1.54, 1.807) is 0 Å². The molecule has 7 nitrogen and oxygen atoms in total. The molecule has 1 aliphatic heterocycles. The quantitative estimate of drug-likeness (QED) is 0.910. The fraction of sp³-hybridized carbons (Fsp3) is 0.824. The molecule has 0 atom stereocenters. The van der Waals surface area contributed by atoms with E-state index in [2.05, 4.69) is 25.0 Å². The van der Waals surface area contributed by atoms with Crippen molar-refractivity contribution >= 4 is 6.03 Å². The first kappa shape index (κ1) is 17.2. The number of nitrogens with zero attached hydrogens (tertiary/aromatic N) is 5. The van der Waals surface area contributed by atoms with E-state index in [9.17, 15) is 4.79 Å². The van der Waals surface area contributed by atoms with Crippen LogP contribution in [0.3, 0.4) is 0 Å². The largest absolute Gasteiger partial charge is 0.335 e. The van der Waals surface area contributed by atoms with E-state index in [1.165, 1.54) is 12.8 Å². The van der Waals surface area contributed by atoms with Crippen LogP contribution < -0.4 is 5.32 Å². The van der Waals surface area contributed by atoms with Gasteiger partial charge in [0.1, 0.15) is 11.6 Å². The summed E-state index contributed by atoms with van der Waals surface area (Å²) in [6, 6.07) is 0.508. The van der Waals surface area contributed by atoms with Crippen molar-refractivity contribution in [3.05, 3.63) is 11.6 Å². The molecular formula is C17H30N6O. The molecule has 134 valence electrons. The Morgan fingerprint density at radius 3 is 2.46 bits per heavy atom. The highest BCUT2D eigenvalue weighted by Gasteiger charge is 2.28. The Morgan fingerprint density at radius 1 is 1.17 bits per heavy atom. The maximum absolute atomic E-state index is 12.4. The van der Waals surface area contributed by atoms with Gasteiger partial charge in [0.25, 0.3) is 0 Å². The van der Waals surface area contributed by atoms with Crippen LogP contribution in [0.5, 0.6) is 0 Å². The molecule has 1 aromatic rings. The second kappa shape index (κ2) is 7.51. The Kier molecular flexibility index (Phi) is 5.38. The molecule has 0 aromatic carbocycles. The molecule has 2 heterocycles. The highest BCUT2D eigenvalue weighted by atomic mass is 16.2. The third-order valence-electron chi connectivity index (χ3n) is 5.29. The Hall–Kier alpha value is -1.63. The summed E-state index contributed by atoms with van der Waals surface area (Å²) in [5, 5.41) is 11.9. The minimum absolute atomic E-state index is 0.117. The number of nitrogens with one attached hydrogen (secondary N) is 1. The Bertz CT molecular complexity index is 555. The lowest BCUT2D eigenvalue weighted by Gasteiger charge is -2.32.